The van der Waals surface area contributed by atoms with E-state index >= 15 is 0 Å². The van der Waals surface area contributed by atoms with Crippen LogP contribution in [0.1, 0.15) is 29.4 Å². The third kappa shape index (κ3) is 2.87. The third-order valence-electron chi connectivity index (χ3n) is 5.33. The number of rotatable bonds is 4. The fourth-order valence-electron chi connectivity index (χ4n) is 3.92. The van der Waals surface area contributed by atoms with Crippen molar-refractivity contribution in [2.45, 2.75) is 31.8 Å². The van der Waals surface area contributed by atoms with Crippen LogP contribution in [0.2, 0.25) is 0 Å². The van der Waals surface area contributed by atoms with Crippen molar-refractivity contribution in [1.82, 2.24) is 10.2 Å². The van der Waals surface area contributed by atoms with Gasteiger partial charge in [-0.2, -0.15) is 0 Å². The minimum atomic E-state index is 0.0698. The van der Waals surface area contributed by atoms with Crippen molar-refractivity contribution in [2.75, 3.05) is 20.2 Å². The zero-order valence-electron chi connectivity index (χ0n) is 14.0. The Kier molecular flexibility index (Phi) is 4.37. The van der Waals surface area contributed by atoms with Crippen molar-refractivity contribution in [1.29, 1.82) is 0 Å². The second kappa shape index (κ2) is 6.50. The van der Waals surface area contributed by atoms with Gasteiger partial charge >= 0.3 is 0 Å². The number of nitrogens with zero attached hydrogens (tertiary/aromatic N) is 1. The maximum atomic E-state index is 12.7. The number of amides is 1. The normalized spacial score (nSPS) is 28.8. The van der Waals surface area contributed by atoms with E-state index in [0.29, 0.717) is 12.0 Å². The predicted octanol–water partition coefficient (Wildman–Crippen LogP) is 3.70. The molecule has 6 heteroatoms. The van der Waals surface area contributed by atoms with E-state index in [1.165, 1.54) is 25.9 Å². The maximum absolute atomic E-state index is 12.7. The van der Waals surface area contributed by atoms with E-state index in [0.717, 1.165) is 19.7 Å². The number of carbonyl (C=O) groups excluding carboxylic acids is 1. The molecule has 3 saturated heterocycles. The van der Waals surface area contributed by atoms with Crippen molar-refractivity contribution in [3.05, 3.63) is 29.1 Å². The molecule has 24 heavy (non-hydrogen) atoms. The SMILES string of the molecule is COc1ccc(-c2ccc(C(=O)NC3C4CCN(CC4)C3C)s2)s1. The molecule has 0 aliphatic carbocycles. The second-order valence-electron chi connectivity index (χ2n) is 6.60. The Labute approximate surface area is 150 Å². The number of nitrogens with one attached hydrogen (secondary N) is 1. The molecule has 0 saturated carbocycles. The van der Waals surface area contributed by atoms with Gasteiger partial charge in [0.25, 0.3) is 5.91 Å². The number of piperidine rings is 3. The first kappa shape index (κ1) is 16.1. The average Bonchev–Trinajstić information content (AvgIpc) is 3.27. The van der Waals surface area contributed by atoms with Crippen LogP contribution in [0.3, 0.4) is 0 Å². The van der Waals surface area contributed by atoms with E-state index in [-0.39, 0.29) is 11.9 Å². The quantitative estimate of drug-likeness (QED) is 0.902. The summed E-state index contributed by atoms with van der Waals surface area (Å²) in [4.78, 5) is 18.3. The molecule has 3 fully saturated rings. The van der Waals surface area contributed by atoms with Crippen molar-refractivity contribution >= 4 is 28.6 Å². The first-order chi connectivity index (χ1) is 11.7. The Morgan fingerprint density at radius 2 is 1.88 bits per heavy atom. The van der Waals surface area contributed by atoms with Crippen LogP contribution in [0.15, 0.2) is 24.3 Å². The highest BCUT2D eigenvalue weighted by Gasteiger charge is 2.40. The predicted molar refractivity (Wildman–Crippen MR) is 99.2 cm³/mol. The van der Waals surface area contributed by atoms with Gasteiger partial charge in [0.15, 0.2) is 5.06 Å². The van der Waals surface area contributed by atoms with Gasteiger partial charge in [-0.1, -0.05) is 11.3 Å². The topological polar surface area (TPSA) is 41.6 Å². The zero-order chi connectivity index (χ0) is 16.7. The van der Waals surface area contributed by atoms with E-state index in [1.807, 2.05) is 24.3 Å². The van der Waals surface area contributed by atoms with Gasteiger partial charge in [-0.3, -0.25) is 9.69 Å². The van der Waals surface area contributed by atoms with Gasteiger partial charge in [0.1, 0.15) is 0 Å². The Bertz CT molecular complexity index is 729. The fraction of sp³-hybridized carbons (Fsp3) is 0.500. The van der Waals surface area contributed by atoms with E-state index < -0.39 is 0 Å². The Morgan fingerprint density at radius 1 is 1.17 bits per heavy atom. The summed E-state index contributed by atoms with van der Waals surface area (Å²) in [7, 11) is 1.68. The van der Waals surface area contributed by atoms with Crippen molar-refractivity contribution in [2.24, 2.45) is 5.92 Å². The van der Waals surface area contributed by atoms with E-state index in [2.05, 4.69) is 17.1 Å². The lowest BCUT2D eigenvalue weighted by molar-refractivity contribution is 0.0218. The number of thiophene rings is 2. The van der Waals surface area contributed by atoms with Gasteiger partial charge in [-0.25, -0.2) is 0 Å². The molecule has 3 aliphatic heterocycles. The summed E-state index contributed by atoms with van der Waals surface area (Å²) in [5.41, 5.74) is 0. The molecule has 2 bridgehead atoms. The molecule has 3 aliphatic rings. The lowest BCUT2D eigenvalue weighted by atomic mass is 9.79. The largest absolute Gasteiger partial charge is 0.487 e. The standard InChI is InChI=1S/C18H22N2O2S2/c1-11-17(12-7-9-20(11)10-8-12)19-18(21)15-4-3-13(23-15)14-5-6-16(22-2)24-14/h3-6,11-12,17H,7-10H2,1-2H3,(H,19,21). The summed E-state index contributed by atoms with van der Waals surface area (Å²) in [6.45, 7) is 4.61. The molecule has 0 radical (unpaired) electrons. The number of fused-ring (bicyclic) bond motifs is 3. The highest BCUT2D eigenvalue weighted by molar-refractivity contribution is 7.23. The molecule has 2 atom stereocenters. The lowest BCUT2D eigenvalue weighted by Gasteiger charge is -2.49. The van der Waals surface area contributed by atoms with Crippen LogP contribution < -0.4 is 10.1 Å². The van der Waals surface area contributed by atoms with E-state index in [1.54, 1.807) is 29.8 Å². The molecule has 0 spiro atoms. The van der Waals surface area contributed by atoms with Crippen LogP contribution in [0.25, 0.3) is 9.75 Å². The molecular formula is C18H22N2O2S2. The highest BCUT2D eigenvalue weighted by atomic mass is 32.1. The van der Waals surface area contributed by atoms with Gasteiger partial charge in [0.2, 0.25) is 0 Å². The highest BCUT2D eigenvalue weighted by Crippen LogP contribution is 2.37. The Balaban J connectivity index is 1.47. The molecule has 4 nitrogen and oxygen atoms in total. The Morgan fingerprint density at radius 3 is 2.54 bits per heavy atom. The number of hydrogen-bond acceptors (Lipinski definition) is 5. The van der Waals surface area contributed by atoms with Crippen molar-refractivity contribution in [3.8, 4) is 14.8 Å². The van der Waals surface area contributed by atoms with Gasteiger partial charge in [0, 0.05) is 21.8 Å². The minimum absolute atomic E-state index is 0.0698. The van der Waals surface area contributed by atoms with Crippen LogP contribution in [-0.4, -0.2) is 43.1 Å². The average molecular weight is 363 g/mol. The maximum Gasteiger partial charge on any atom is 0.261 e. The minimum Gasteiger partial charge on any atom is -0.487 e. The lowest BCUT2D eigenvalue weighted by Crippen LogP contribution is -2.62. The summed E-state index contributed by atoms with van der Waals surface area (Å²) >= 11 is 3.16. The number of methoxy groups -OCH3 is 1. The molecule has 1 N–H and O–H groups in total. The molecule has 2 aromatic heterocycles. The van der Waals surface area contributed by atoms with Crippen LogP contribution in [-0.2, 0) is 0 Å². The summed E-state index contributed by atoms with van der Waals surface area (Å²) in [6, 6.07) is 8.72. The van der Waals surface area contributed by atoms with Crippen molar-refractivity contribution < 1.29 is 9.53 Å². The molecule has 5 rings (SSSR count). The first-order valence-electron chi connectivity index (χ1n) is 8.44. The molecular weight excluding hydrogens is 340 g/mol. The van der Waals surface area contributed by atoms with Crippen LogP contribution in [0.5, 0.6) is 5.06 Å². The molecule has 2 unspecified atom stereocenters. The molecule has 1 amide bonds. The molecule has 0 aromatic carbocycles. The van der Waals surface area contributed by atoms with Crippen LogP contribution >= 0.6 is 22.7 Å². The first-order valence-corrected chi connectivity index (χ1v) is 10.1. The number of hydrogen-bond donors (Lipinski definition) is 1. The molecule has 128 valence electrons. The molecule has 2 aromatic rings. The van der Waals surface area contributed by atoms with Gasteiger partial charge in [-0.05, 0) is 63.0 Å². The Hall–Kier alpha value is -1.37. The van der Waals surface area contributed by atoms with Crippen LogP contribution in [0, 0.1) is 5.92 Å². The summed E-state index contributed by atoms with van der Waals surface area (Å²) in [6.07, 6.45) is 2.42. The fourth-order valence-corrected chi connectivity index (χ4v) is 5.74. The zero-order valence-corrected chi connectivity index (χ0v) is 15.6. The van der Waals surface area contributed by atoms with Crippen LogP contribution in [0.4, 0.5) is 0 Å². The van der Waals surface area contributed by atoms with Crippen molar-refractivity contribution in [3.63, 3.8) is 0 Å². The van der Waals surface area contributed by atoms with E-state index in [4.69, 9.17) is 4.74 Å². The van der Waals surface area contributed by atoms with Gasteiger partial charge < -0.3 is 10.1 Å². The molecule has 5 heterocycles. The number of carbonyl (C=O) groups is 1. The second-order valence-corrected chi connectivity index (χ2v) is 8.73. The van der Waals surface area contributed by atoms with E-state index in [9.17, 15) is 4.79 Å². The summed E-state index contributed by atoms with van der Waals surface area (Å²) < 4.78 is 5.25. The summed E-state index contributed by atoms with van der Waals surface area (Å²) in [5.74, 6) is 0.704. The smallest absolute Gasteiger partial charge is 0.261 e. The van der Waals surface area contributed by atoms with Gasteiger partial charge in [-0.15, -0.1) is 11.3 Å². The third-order valence-corrected chi connectivity index (χ3v) is 7.66. The number of ether oxygens (including phenoxy) is 1. The summed E-state index contributed by atoms with van der Waals surface area (Å²) in [5, 5.41) is 4.20. The monoisotopic (exact) mass is 362 g/mol. The van der Waals surface area contributed by atoms with Gasteiger partial charge in [0.05, 0.1) is 12.0 Å².